The highest BCUT2D eigenvalue weighted by atomic mass is 16.4. The largest absolute Gasteiger partial charge is 0.508 e. The van der Waals surface area contributed by atoms with Gasteiger partial charge in [-0.15, -0.1) is 0 Å². The van der Waals surface area contributed by atoms with Gasteiger partial charge in [-0.1, -0.05) is 24.3 Å². The first-order valence-corrected chi connectivity index (χ1v) is 6.02. The SMILES string of the molecule is CC1(C(=O)O)C=CC(c2cccc(O)c2)=C(C(=O)O)C1. The van der Waals surface area contributed by atoms with Crippen molar-refractivity contribution in [2.75, 3.05) is 0 Å². The van der Waals surface area contributed by atoms with Gasteiger partial charge >= 0.3 is 11.9 Å². The van der Waals surface area contributed by atoms with Gasteiger partial charge in [-0.25, -0.2) is 4.79 Å². The van der Waals surface area contributed by atoms with Crippen LogP contribution in [0, 0.1) is 5.41 Å². The number of carboxylic acid groups (broad SMARTS) is 2. The molecule has 0 fully saturated rings. The zero-order valence-electron chi connectivity index (χ0n) is 10.8. The molecule has 0 aromatic heterocycles. The average Bonchev–Trinajstić information content (AvgIpc) is 2.38. The molecule has 3 N–H and O–H groups in total. The summed E-state index contributed by atoms with van der Waals surface area (Å²) in [6.45, 7) is 1.48. The molecule has 0 radical (unpaired) electrons. The van der Waals surface area contributed by atoms with Crippen molar-refractivity contribution in [3.63, 3.8) is 0 Å². The van der Waals surface area contributed by atoms with E-state index in [1.807, 2.05) is 0 Å². The summed E-state index contributed by atoms with van der Waals surface area (Å²) in [5.41, 5.74) is -0.227. The number of carbonyl (C=O) groups is 2. The minimum Gasteiger partial charge on any atom is -0.508 e. The number of phenols is 1. The topological polar surface area (TPSA) is 94.8 Å². The third-order valence-electron chi connectivity index (χ3n) is 3.39. The molecule has 5 nitrogen and oxygen atoms in total. The Labute approximate surface area is 115 Å². The Morgan fingerprint density at radius 2 is 1.95 bits per heavy atom. The van der Waals surface area contributed by atoms with E-state index >= 15 is 0 Å². The third-order valence-corrected chi connectivity index (χ3v) is 3.39. The maximum Gasteiger partial charge on any atom is 0.332 e. The van der Waals surface area contributed by atoms with Crippen molar-refractivity contribution in [1.29, 1.82) is 0 Å². The van der Waals surface area contributed by atoms with Gasteiger partial charge in [0.25, 0.3) is 0 Å². The summed E-state index contributed by atoms with van der Waals surface area (Å²) in [7, 11) is 0. The van der Waals surface area contributed by atoms with E-state index in [1.54, 1.807) is 12.1 Å². The maximum absolute atomic E-state index is 11.4. The Morgan fingerprint density at radius 3 is 2.50 bits per heavy atom. The lowest BCUT2D eigenvalue weighted by Crippen LogP contribution is -2.29. The van der Waals surface area contributed by atoms with Crippen molar-refractivity contribution in [3.05, 3.63) is 47.6 Å². The van der Waals surface area contributed by atoms with E-state index < -0.39 is 17.4 Å². The quantitative estimate of drug-likeness (QED) is 0.786. The van der Waals surface area contributed by atoms with Crippen LogP contribution in [0.15, 0.2) is 42.0 Å². The molecule has 0 heterocycles. The number of aliphatic carboxylic acids is 2. The molecule has 5 heteroatoms. The molecule has 0 spiro atoms. The van der Waals surface area contributed by atoms with Crippen LogP contribution in [0.25, 0.3) is 5.57 Å². The van der Waals surface area contributed by atoms with E-state index in [2.05, 4.69) is 0 Å². The molecule has 1 aliphatic carbocycles. The predicted octanol–water partition coefficient (Wildman–Crippen LogP) is 2.28. The lowest BCUT2D eigenvalue weighted by Gasteiger charge is -2.26. The fourth-order valence-corrected chi connectivity index (χ4v) is 2.17. The zero-order chi connectivity index (χ0) is 14.9. The molecule has 2 rings (SSSR count). The van der Waals surface area contributed by atoms with Crippen molar-refractivity contribution in [2.24, 2.45) is 5.41 Å². The van der Waals surface area contributed by atoms with Crippen LogP contribution >= 0.6 is 0 Å². The highest BCUT2D eigenvalue weighted by molar-refractivity contribution is 6.01. The third kappa shape index (κ3) is 2.42. The Hall–Kier alpha value is -2.56. The lowest BCUT2D eigenvalue weighted by molar-refractivity contribution is -0.145. The Morgan fingerprint density at radius 1 is 1.25 bits per heavy atom. The first-order chi connectivity index (χ1) is 9.33. The normalized spacial score (nSPS) is 21.9. The summed E-state index contributed by atoms with van der Waals surface area (Å²) < 4.78 is 0. The molecular formula is C15H14O5. The van der Waals surface area contributed by atoms with Gasteiger partial charge in [-0.05, 0) is 36.6 Å². The van der Waals surface area contributed by atoms with Crippen molar-refractivity contribution >= 4 is 17.5 Å². The lowest BCUT2D eigenvalue weighted by atomic mass is 9.76. The first-order valence-electron chi connectivity index (χ1n) is 6.02. The number of aromatic hydroxyl groups is 1. The highest BCUT2D eigenvalue weighted by Crippen LogP contribution is 2.38. The molecule has 0 amide bonds. The van der Waals surface area contributed by atoms with Crippen LogP contribution in [0.5, 0.6) is 5.75 Å². The molecule has 1 aromatic rings. The van der Waals surface area contributed by atoms with Crippen molar-refractivity contribution in [2.45, 2.75) is 13.3 Å². The highest BCUT2D eigenvalue weighted by Gasteiger charge is 2.36. The van der Waals surface area contributed by atoms with E-state index in [9.17, 15) is 24.9 Å². The summed E-state index contributed by atoms with van der Waals surface area (Å²) in [4.78, 5) is 22.6. The van der Waals surface area contributed by atoms with Crippen molar-refractivity contribution in [1.82, 2.24) is 0 Å². The standard InChI is InChI=1S/C15H14O5/c1-15(14(19)20)6-5-11(12(8-15)13(17)18)9-3-2-4-10(16)7-9/h2-7,16H,8H2,1H3,(H,17,18)(H,19,20). The second kappa shape index (κ2) is 4.85. The second-order valence-electron chi connectivity index (χ2n) is 4.98. The molecule has 0 saturated heterocycles. The van der Waals surface area contributed by atoms with Gasteiger partial charge in [0.2, 0.25) is 0 Å². The smallest absolute Gasteiger partial charge is 0.332 e. The summed E-state index contributed by atoms with van der Waals surface area (Å²) in [6.07, 6.45) is 2.89. The maximum atomic E-state index is 11.4. The van der Waals surface area contributed by atoms with Crippen LogP contribution < -0.4 is 0 Å². The summed E-state index contributed by atoms with van der Waals surface area (Å²) >= 11 is 0. The number of hydrogen-bond donors (Lipinski definition) is 3. The van der Waals surface area contributed by atoms with Gasteiger partial charge in [-0.2, -0.15) is 0 Å². The zero-order valence-corrected chi connectivity index (χ0v) is 10.8. The fraction of sp³-hybridized carbons (Fsp3) is 0.200. The molecule has 0 aliphatic heterocycles. The number of hydrogen-bond acceptors (Lipinski definition) is 3. The predicted molar refractivity (Wildman–Crippen MR) is 72.2 cm³/mol. The van der Waals surface area contributed by atoms with E-state index in [0.29, 0.717) is 11.1 Å². The van der Waals surface area contributed by atoms with E-state index in [1.165, 1.54) is 31.2 Å². The number of carboxylic acids is 2. The number of rotatable bonds is 3. The molecule has 104 valence electrons. The molecule has 0 saturated carbocycles. The molecule has 0 bridgehead atoms. The Kier molecular flexibility index (Phi) is 3.36. The van der Waals surface area contributed by atoms with E-state index in [4.69, 9.17) is 0 Å². The van der Waals surface area contributed by atoms with Crippen LogP contribution in [0.3, 0.4) is 0 Å². The molecule has 1 aromatic carbocycles. The van der Waals surface area contributed by atoms with Crippen LogP contribution in [-0.4, -0.2) is 27.3 Å². The van der Waals surface area contributed by atoms with Crippen molar-refractivity contribution in [3.8, 4) is 5.75 Å². The fourth-order valence-electron chi connectivity index (χ4n) is 2.17. The second-order valence-corrected chi connectivity index (χ2v) is 4.98. The van der Waals surface area contributed by atoms with Crippen molar-refractivity contribution < 1.29 is 24.9 Å². The van der Waals surface area contributed by atoms with Crippen LogP contribution in [0.2, 0.25) is 0 Å². The number of benzene rings is 1. The average molecular weight is 274 g/mol. The molecule has 1 atom stereocenters. The monoisotopic (exact) mass is 274 g/mol. The summed E-state index contributed by atoms with van der Waals surface area (Å²) in [5, 5.41) is 28.0. The Balaban J connectivity index is 2.53. The minimum atomic E-state index is -1.23. The van der Waals surface area contributed by atoms with Gasteiger partial charge in [0.1, 0.15) is 5.75 Å². The Bertz CT molecular complexity index is 641. The van der Waals surface area contributed by atoms with E-state index in [0.717, 1.165) is 0 Å². The summed E-state index contributed by atoms with van der Waals surface area (Å²) in [6, 6.07) is 6.21. The van der Waals surface area contributed by atoms with Crippen LogP contribution in [0.4, 0.5) is 0 Å². The molecule has 20 heavy (non-hydrogen) atoms. The summed E-state index contributed by atoms with van der Waals surface area (Å²) in [5.74, 6) is -2.19. The van der Waals surface area contributed by atoms with Gasteiger partial charge in [-0.3, -0.25) is 4.79 Å². The van der Waals surface area contributed by atoms with Crippen LogP contribution in [0.1, 0.15) is 18.9 Å². The number of allylic oxidation sites excluding steroid dienone is 2. The van der Waals surface area contributed by atoms with Gasteiger partial charge in [0, 0.05) is 5.57 Å². The van der Waals surface area contributed by atoms with Gasteiger partial charge in [0.05, 0.1) is 5.41 Å². The first kappa shape index (κ1) is 13.9. The van der Waals surface area contributed by atoms with Gasteiger partial charge < -0.3 is 15.3 Å². The van der Waals surface area contributed by atoms with Crippen LogP contribution in [-0.2, 0) is 9.59 Å². The molecule has 1 unspecified atom stereocenters. The van der Waals surface area contributed by atoms with E-state index in [-0.39, 0.29) is 17.7 Å². The number of phenolic OH excluding ortho intramolecular Hbond substituents is 1. The molecular weight excluding hydrogens is 260 g/mol. The molecule has 1 aliphatic rings. The minimum absolute atomic E-state index is 0.0275. The van der Waals surface area contributed by atoms with Gasteiger partial charge in [0.15, 0.2) is 0 Å².